The summed E-state index contributed by atoms with van der Waals surface area (Å²) < 4.78 is 36.9. The fourth-order valence-corrected chi connectivity index (χ4v) is 4.19. The van der Waals surface area contributed by atoms with Gasteiger partial charge >= 0.3 is 0 Å². The van der Waals surface area contributed by atoms with Gasteiger partial charge in [0.05, 0.1) is 0 Å². The summed E-state index contributed by atoms with van der Waals surface area (Å²) in [6.45, 7) is 0. The van der Waals surface area contributed by atoms with Crippen LogP contribution in [0.15, 0.2) is 21.5 Å². The topological polar surface area (TPSA) is 60.2 Å². The number of hydrogen-bond acceptors (Lipinski definition) is 3. The maximum Gasteiger partial charge on any atom is 0.179 e. The minimum Gasteiger partial charge on any atom is -0.321 e. The van der Waals surface area contributed by atoms with Crippen molar-refractivity contribution in [3.63, 3.8) is 0 Å². The van der Waals surface area contributed by atoms with Gasteiger partial charge in [-0.2, -0.15) is 0 Å². The predicted octanol–water partition coefficient (Wildman–Crippen LogP) is 2.33. The van der Waals surface area contributed by atoms with E-state index in [-0.39, 0.29) is 9.37 Å². The molecule has 0 heterocycles. The Bertz CT molecular complexity index is 544. The lowest BCUT2D eigenvalue weighted by molar-refractivity contribution is 0.252. The van der Waals surface area contributed by atoms with Crippen LogP contribution in [0.25, 0.3) is 0 Å². The molecule has 2 rings (SSSR count). The van der Waals surface area contributed by atoms with Crippen molar-refractivity contribution in [2.24, 2.45) is 5.73 Å². The van der Waals surface area contributed by atoms with Gasteiger partial charge in [0.15, 0.2) is 9.84 Å². The van der Waals surface area contributed by atoms with Gasteiger partial charge in [-0.25, -0.2) is 12.8 Å². The Morgan fingerprint density at radius 3 is 2.35 bits per heavy atom. The highest BCUT2D eigenvalue weighted by atomic mass is 79.9. The van der Waals surface area contributed by atoms with Gasteiger partial charge in [0, 0.05) is 16.3 Å². The Hall–Kier alpha value is -0.460. The van der Waals surface area contributed by atoms with Crippen LogP contribution in [0.1, 0.15) is 24.8 Å². The van der Waals surface area contributed by atoms with Crippen molar-refractivity contribution in [1.82, 2.24) is 0 Å². The summed E-state index contributed by atoms with van der Waals surface area (Å²) in [6, 6.07) is 2.85. The number of benzene rings is 1. The van der Waals surface area contributed by atoms with E-state index in [2.05, 4.69) is 15.9 Å². The van der Waals surface area contributed by atoms with E-state index < -0.39 is 21.2 Å². The molecule has 0 aliphatic heterocycles. The molecule has 1 aliphatic rings. The van der Waals surface area contributed by atoms with E-state index in [1.807, 2.05) is 0 Å². The van der Waals surface area contributed by atoms with Crippen molar-refractivity contribution in [2.75, 3.05) is 6.26 Å². The number of rotatable bonds is 2. The van der Waals surface area contributed by atoms with Crippen LogP contribution >= 0.6 is 15.9 Å². The lowest BCUT2D eigenvalue weighted by Crippen LogP contribution is -2.43. The summed E-state index contributed by atoms with van der Waals surface area (Å²) in [5.74, 6) is -0.742. The highest BCUT2D eigenvalue weighted by Gasteiger charge is 2.35. The second kappa shape index (κ2) is 4.03. The van der Waals surface area contributed by atoms with E-state index in [4.69, 9.17) is 5.73 Å². The zero-order valence-electron chi connectivity index (χ0n) is 9.33. The van der Waals surface area contributed by atoms with Crippen molar-refractivity contribution < 1.29 is 12.8 Å². The van der Waals surface area contributed by atoms with Crippen LogP contribution in [0.5, 0.6) is 0 Å². The van der Waals surface area contributed by atoms with Crippen LogP contribution in [-0.2, 0) is 15.4 Å². The average Bonchev–Trinajstić information content (AvgIpc) is 2.10. The SMILES string of the molecule is CS(=O)(=O)c1c(F)cc(C2(N)CCC2)cc1Br. The number of nitrogens with two attached hydrogens (primary N) is 1. The molecule has 2 N–H and O–H groups in total. The fraction of sp³-hybridized carbons (Fsp3) is 0.455. The molecule has 3 nitrogen and oxygen atoms in total. The quantitative estimate of drug-likeness (QED) is 0.909. The Morgan fingerprint density at radius 1 is 1.41 bits per heavy atom. The maximum absolute atomic E-state index is 13.8. The van der Waals surface area contributed by atoms with Crippen LogP contribution in [0, 0.1) is 5.82 Å². The molecule has 1 aromatic carbocycles. The highest BCUT2D eigenvalue weighted by Crippen LogP contribution is 2.41. The van der Waals surface area contributed by atoms with Crippen LogP contribution in [0.3, 0.4) is 0 Å². The molecule has 1 aromatic rings. The molecule has 0 aromatic heterocycles. The molecule has 1 saturated carbocycles. The lowest BCUT2D eigenvalue weighted by atomic mass is 9.73. The maximum atomic E-state index is 13.8. The Kier molecular flexibility index (Phi) is 3.08. The summed E-state index contributed by atoms with van der Waals surface area (Å²) in [4.78, 5) is -0.302. The molecular formula is C11H13BrFNO2S. The lowest BCUT2D eigenvalue weighted by Gasteiger charge is -2.38. The second-order valence-corrected chi connectivity index (χ2v) is 7.36. The van der Waals surface area contributed by atoms with Gasteiger partial charge in [-0.05, 0) is 52.9 Å². The third-order valence-corrected chi connectivity index (χ3v) is 5.23. The molecule has 6 heteroatoms. The third kappa shape index (κ3) is 2.26. The summed E-state index contributed by atoms with van der Waals surface area (Å²) >= 11 is 3.10. The van der Waals surface area contributed by atoms with Gasteiger partial charge in [-0.1, -0.05) is 0 Å². The van der Waals surface area contributed by atoms with Gasteiger partial charge in [0.1, 0.15) is 10.7 Å². The average molecular weight is 322 g/mol. The molecule has 94 valence electrons. The summed E-state index contributed by atoms with van der Waals surface area (Å²) in [5, 5.41) is 0. The molecular weight excluding hydrogens is 309 g/mol. The van der Waals surface area contributed by atoms with E-state index in [9.17, 15) is 12.8 Å². The number of hydrogen-bond donors (Lipinski definition) is 1. The number of halogens is 2. The van der Waals surface area contributed by atoms with E-state index >= 15 is 0 Å². The molecule has 1 fully saturated rings. The van der Waals surface area contributed by atoms with E-state index in [1.54, 1.807) is 6.07 Å². The van der Waals surface area contributed by atoms with Crippen molar-refractivity contribution in [2.45, 2.75) is 29.7 Å². The molecule has 0 unspecified atom stereocenters. The fourth-order valence-electron chi connectivity index (χ4n) is 2.05. The first-order chi connectivity index (χ1) is 7.74. The molecule has 0 saturated heterocycles. The molecule has 0 atom stereocenters. The van der Waals surface area contributed by atoms with Crippen molar-refractivity contribution in [1.29, 1.82) is 0 Å². The Labute approximate surface area is 108 Å². The molecule has 17 heavy (non-hydrogen) atoms. The van der Waals surface area contributed by atoms with Gasteiger partial charge in [-0.15, -0.1) is 0 Å². The standard InChI is InChI=1S/C11H13BrFNO2S/c1-17(15,16)10-8(12)5-7(6-9(10)13)11(14)3-2-4-11/h5-6H,2-4,14H2,1H3. The molecule has 0 spiro atoms. The first kappa shape index (κ1) is 13.0. The highest BCUT2D eigenvalue weighted by molar-refractivity contribution is 9.10. The number of sulfone groups is 1. The Morgan fingerprint density at radius 2 is 2.00 bits per heavy atom. The Balaban J connectivity index is 2.57. The second-order valence-electron chi connectivity index (χ2n) is 4.55. The molecule has 0 bridgehead atoms. The molecule has 0 radical (unpaired) electrons. The van der Waals surface area contributed by atoms with Crippen LogP contribution in [0.4, 0.5) is 4.39 Å². The van der Waals surface area contributed by atoms with Gasteiger partial charge in [0.25, 0.3) is 0 Å². The minimum atomic E-state index is -3.58. The molecule has 0 amide bonds. The summed E-state index contributed by atoms with van der Waals surface area (Å²) in [5.41, 5.74) is 6.24. The zero-order chi connectivity index (χ0) is 12.8. The monoisotopic (exact) mass is 321 g/mol. The van der Waals surface area contributed by atoms with E-state index in [0.29, 0.717) is 5.56 Å². The molecule has 1 aliphatic carbocycles. The van der Waals surface area contributed by atoms with Crippen molar-refractivity contribution in [3.8, 4) is 0 Å². The third-order valence-electron chi connectivity index (χ3n) is 3.19. The van der Waals surface area contributed by atoms with E-state index in [0.717, 1.165) is 25.5 Å². The first-order valence-electron chi connectivity index (χ1n) is 5.22. The largest absolute Gasteiger partial charge is 0.321 e. The summed E-state index contributed by atoms with van der Waals surface area (Å²) in [7, 11) is -3.58. The van der Waals surface area contributed by atoms with Crippen LogP contribution in [0.2, 0.25) is 0 Å². The smallest absolute Gasteiger partial charge is 0.179 e. The zero-order valence-corrected chi connectivity index (χ0v) is 11.7. The van der Waals surface area contributed by atoms with Crippen molar-refractivity contribution in [3.05, 3.63) is 28.0 Å². The van der Waals surface area contributed by atoms with Crippen molar-refractivity contribution >= 4 is 25.8 Å². The van der Waals surface area contributed by atoms with Gasteiger partial charge in [0.2, 0.25) is 0 Å². The first-order valence-corrected chi connectivity index (χ1v) is 7.91. The minimum absolute atomic E-state index is 0.242. The van der Waals surface area contributed by atoms with Gasteiger partial charge < -0.3 is 5.73 Å². The van der Waals surface area contributed by atoms with Gasteiger partial charge in [-0.3, -0.25) is 0 Å². The normalized spacial score (nSPS) is 18.8. The van der Waals surface area contributed by atoms with E-state index in [1.165, 1.54) is 6.07 Å². The van der Waals surface area contributed by atoms with Crippen LogP contribution in [-0.4, -0.2) is 14.7 Å². The summed E-state index contributed by atoms with van der Waals surface area (Å²) in [6.07, 6.45) is 3.61. The predicted molar refractivity (Wildman–Crippen MR) is 66.9 cm³/mol. The van der Waals surface area contributed by atoms with Crippen LogP contribution < -0.4 is 5.73 Å².